The highest BCUT2D eigenvalue weighted by Gasteiger charge is 2.18. The molecule has 4 nitrogen and oxygen atoms in total. The molecule has 1 rings (SSSR count). The van der Waals surface area contributed by atoms with E-state index in [9.17, 15) is 9.59 Å². The van der Waals surface area contributed by atoms with Gasteiger partial charge in [-0.2, -0.15) is 0 Å². The highest BCUT2D eigenvalue weighted by Crippen LogP contribution is 2.32. The third kappa shape index (κ3) is 5.94. The maximum absolute atomic E-state index is 11.9. The summed E-state index contributed by atoms with van der Waals surface area (Å²) in [6.45, 7) is 7.14. The lowest BCUT2D eigenvalue weighted by Gasteiger charge is -2.19. The molecular formula is C15H19Cl2NO3. The van der Waals surface area contributed by atoms with E-state index in [1.165, 1.54) is 0 Å². The number of ether oxygens (including phenoxy) is 1. The van der Waals surface area contributed by atoms with Gasteiger partial charge in [0, 0.05) is 6.42 Å². The molecule has 6 heteroatoms. The second-order valence-corrected chi connectivity index (χ2v) is 6.47. The van der Waals surface area contributed by atoms with Crippen LogP contribution in [0, 0.1) is 6.92 Å². The summed E-state index contributed by atoms with van der Waals surface area (Å²) in [7, 11) is 0. The Kier molecular flexibility index (Phi) is 6.05. The van der Waals surface area contributed by atoms with Gasteiger partial charge >= 0.3 is 5.97 Å². The van der Waals surface area contributed by atoms with E-state index in [0.717, 1.165) is 5.56 Å². The zero-order valence-corrected chi connectivity index (χ0v) is 14.1. The number of esters is 1. The molecule has 0 saturated carbocycles. The van der Waals surface area contributed by atoms with Gasteiger partial charge in [0.2, 0.25) is 5.91 Å². The standard InChI is InChI=1S/C15H19Cl2NO3/c1-9-5-6-10(16)14(13(9)17)18-11(19)7-8-12(20)21-15(2,3)4/h5-6H,7-8H2,1-4H3,(H,18,19). The van der Waals surface area contributed by atoms with Crippen LogP contribution in [0.3, 0.4) is 0 Å². The van der Waals surface area contributed by atoms with Gasteiger partial charge in [-0.3, -0.25) is 9.59 Å². The summed E-state index contributed by atoms with van der Waals surface area (Å²) >= 11 is 12.1. The number of amides is 1. The number of hydrogen-bond acceptors (Lipinski definition) is 3. The zero-order chi connectivity index (χ0) is 16.2. The minimum Gasteiger partial charge on any atom is -0.460 e. The van der Waals surface area contributed by atoms with Gasteiger partial charge in [-0.05, 0) is 39.3 Å². The Morgan fingerprint density at radius 1 is 1.19 bits per heavy atom. The van der Waals surface area contributed by atoms with Crippen molar-refractivity contribution in [1.82, 2.24) is 0 Å². The van der Waals surface area contributed by atoms with Crippen molar-refractivity contribution in [2.45, 2.75) is 46.1 Å². The first-order valence-electron chi connectivity index (χ1n) is 6.56. The van der Waals surface area contributed by atoms with E-state index < -0.39 is 11.6 Å². The van der Waals surface area contributed by atoms with Crippen LogP contribution in [0.5, 0.6) is 0 Å². The Balaban J connectivity index is 2.60. The fraction of sp³-hybridized carbons (Fsp3) is 0.467. The Labute approximate surface area is 134 Å². The first kappa shape index (κ1) is 17.8. The first-order valence-corrected chi connectivity index (χ1v) is 7.32. The number of hydrogen-bond donors (Lipinski definition) is 1. The summed E-state index contributed by atoms with van der Waals surface area (Å²) in [5, 5.41) is 3.38. The van der Waals surface area contributed by atoms with Crippen LogP contribution in [0.1, 0.15) is 39.2 Å². The second-order valence-electron chi connectivity index (χ2n) is 5.69. The van der Waals surface area contributed by atoms with Crippen LogP contribution in [-0.2, 0) is 14.3 Å². The van der Waals surface area contributed by atoms with Crippen LogP contribution in [0.4, 0.5) is 5.69 Å². The van der Waals surface area contributed by atoms with Crippen molar-refractivity contribution in [2.75, 3.05) is 5.32 Å². The summed E-state index contributed by atoms with van der Waals surface area (Å²) in [6, 6.07) is 3.42. The molecule has 0 bridgehead atoms. The third-order valence-corrected chi connectivity index (χ3v) is 3.33. The fourth-order valence-electron chi connectivity index (χ4n) is 1.58. The van der Waals surface area contributed by atoms with Gasteiger partial charge in [0.25, 0.3) is 0 Å². The van der Waals surface area contributed by atoms with Crippen molar-refractivity contribution < 1.29 is 14.3 Å². The molecule has 0 unspecified atom stereocenters. The van der Waals surface area contributed by atoms with Gasteiger partial charge in [-0.25, -0.2) is 0 Å². The molecule has 0 heterocycles. The predicted molar refractivity (Wildman–Crippen MR) is 84.9 cm³/mol. The Hall–Kier alpha value is -1.26. The van der Waals surface area contributed by atoms with Crippen LogP contribution in [0.2, 0.25) is 10.0 Å². The molecule has 0 radical (unpaired) electrons. The highest BCUT2D eigenvalue weighted by molar-refractivity contribution is 6.40. The number of anilines is 1. The number of carbonyl (C=O) groups excluding carboxylic acids is 2. The van der Waals surface area contributed by atoms with Gasteiger partial charge < -0.3 is 10.1 Å². The topological polar surface area (TPSA) is 55.4 Å². The average molecular weight is 332 g/mol. The van der Waals surface area contributed by atoms with Crippen LogP contribution in [0.15, 0.2) is 12.1 Å². The minimum atomic E-state index is -0.559. The zero-order valence-electron chi connectivity index (χ0n) is 12.5. The number of nitrogens with one attached hydrogen (secondary N) is 1. The SMILES string of the molecule is Cc1ccc(Cl)c(NC(=O)CCC(=O)OC(C)(C)C)c1Cl. The molecule has 1 amide bonds. The molecule has 1 aromatic rings. The average Bonchev–Trinajstić information content (AvgIpc) is 2.35. The van der Waals surface area contributed by atoms with Gasteiger partial charge in [0.1, 0.15) is 5.60 Å². The van der Waals surface area contributed by atoms with Crippen molar-refractivity contribution >= 4 is 40.8 Å². The summed E-state index contributed by atoms with van der Waals surface area (Å²) in [6.07, 6.45) is 0.0136. The lowest BCUT2D eigenvalue weighted by molar-refractivity contribution is -0.155. The molecule has 1 N–H and O–H groups in total. The Bertz CT molecular complexity index is 551. The maximum atomic E-state index is 11.9. The molecule has 21 heavy (non-hydrogen) atoms. The lowest BCUT2D eigenvalue weighted by atomic mass is 10.2. The molecule has 0 aromatic heterocycles. The van der Waals surface area contributed by atoms with E-state index >= 15 is 0 Å². The number of rotatable bonds is 4. The molecule has 0 aliphatic rings. The first-order chi connectivity index (χ1) is 9.60. The molecule has 1 aromatic carbocycles. The molecular weight excluding hydrogens is 313 g/mol. The van der Waals surface area contributed by atoms with E-state index in [1.54, 1.807) is 32.9 Å². The number of aryl methyl sites for hydroxylation is 1. The molecule has 0 atom stereocenters. The van der Waals surface area contributed by atoms with Crippen LogP contribution < -0.4 is 5.32 Å². The number of carbonyl (C=O) groups is 2. The Morgan fingerprint density at radius 3 is 2.38 bits per heavy atom. The molecule has 0 aliphatic carbocycles. The van der Waals surface area contributed by atoms with Gasteiger partial charge in [0.05, 0.1) is 22.2 Å². The molecule has 0 fully saturated rings. The second kappa shape index (κ2) is 7.14. The van der Waals surface area contributed by atoms with Crippen LogP contribution >= 0.6 is 23.2 Å². The van der Waals surface area contributed by atoms with Crippen molar-refractivity contribution in [3.8, 4) is 0 Å². The number of benzene rings is 1. The fourth-order valence-corrected chi connectivity index (χ4v) is 2.05. The molecule has 0 aliphatic heterocycles. The summed E-state index contributed by atoms with van der Waals surface area (Å²) in [5.74, 6) is -0.755. The van der Waals surface area contributed by atoms with Crippen LogP contribution in [-0.4, -0.2) is 17.5 Å². The number of halogens is 2. The van der Waals surface area contributed by atoms with E-state index in [4.69, 9.17) is 27.9 Å². The summed E-state index contributed by atoms with van der Waals surface area (Å²) < 4.78 is 5.13. The smallest absolute Gasteiger partial charge is 0.306 e. The van der Waals surface area contributed by atoms with Crippen molar-refractivity contribution in [1.29, 1.82) is 0 Å². The molecule has 0 spiro atoms. The van der Waals surface area contributed by atoms with Crippen molar-refractivity contribution in [3.63, 3.8) is 0 Å². The summed E-state index contributed by atoms with van der Waals surface area (Å²) in [4.78, 5) is 23.4. The van der Waals surface area contributed by atoms with Gasteiger partial charge in [0.15, 0.2) is 0 Å². The van der Waals surface area contributed by atoms with Crippen LogP contribution in [0.25, 0.3) is 0 Å². The van der Waals surface area contributed by atoms with E-state index in [1.807, 2.05) is 6.92 Å². The van der Waals surface area contributed by atoms with Gasteiger partial charge in [-0.1, -0.05) is 29.3 Å². The predicted octanol–water partition coefficient (Wildman–Crippen LogP) is 4.36. The summed E-state index contributed by atoms with van der Waals surface area (Å²) in [5.41, 5.74) is 0.618. The van der Waals surface area contributed by atoms with E-state index in [0.29, 0.717) is 15.7 Å². The molecule has 116 valence electrons. The highest BCUT2D eigenvalue weighted by atomic mass is 35.5. The molecule has 0 saturated heterocycles. The maximum Gasteiger partial charge on any atom is 0.306 e. The largest absolute Gasteiger partial charge is 0.460 e. The monoisotopic (exact) mass is 331 g/mol. The minimum absolute atomic E-state index is 0.00412. The van der Waals surface area contributed by atoms with E-state index in [2.05, 4.69) is 5.32 Å². The third-order valence-electron chi connectivity index (χ3n) is 2.52. The normalized spacial score (nSPS) is 11.1. The lowest BCUT2D eigenvalue weighted by Crippen LogP contribution is -2.24. The van der Waals surface area contributed by atoms with Gasteiger partial charge in [-0.15, -0.1) is 0 Å². The Morgan fingerprint density at radius 2 is 1.81 bits per heavy atom. The van der Waals surface area contributed by atoms with E-state index in [-0.39, 0.29) is 18.7 Å². The quantitative estimate of drug-likeness (QED) is 0.834. The van der Waals surface area contributed by atoms with Crippen molar-refractivity contribution in [2.24, 2.45) is 0 Å². The van der Waals surface area contributed by atoms with Crippen molar-refractivity contribution in [3.05, 3.63) is 27.7 Å².